The zero-order valence-electron chi connectivity index (χ0n) is 12.5. The van der Waals surface area contributed by atoms with Crippen LogP contribution in [0.25, 0.3) is 10.1 Å². The highest BCUT2D eigenvalue weighted by molar-refractivity contribution is 7.21. The molecule has 2 unspecified atom stereocenters. The van der Waals surface area contributed by atoms with Crippen LogP contribution in [0.15, 0.2) is 18.2 Å². The highest BCUT2D eigenvalue weighted by atomic mass is 32.1. The van der Waals surface area contributed by atoms with E-state index in [1.807, 2.05) is 26.0 Å². The smallest absolute Gasteiger partial charge is 0.263 e. The third-order valence-electron chi connectivity index (χ3n) is 3.95. The molecule has 4 heteroatoms. The molecule has 0 aliphatic carbocycles. The summed E-state index contributed by atoms with van der Waals surface area (Å²) in [6, 6.07) is 6.24. The van der Waals surface area contributed by atoms with Gasteiger partial charge in [-0.2, -0.15) is 0 Å². The van der Waals surface area contributed by atoms with E-state index in [1.54, 1.807) is 0 Å². The number of carbonyl (C=O) groups excluding carboxylic acids is 1. The summed E-state index contributed by atoms with van der Waals surface area (Å²) in [7, 11) is 0. The van der Waals surface area contributed by atoms with Crippen molar-refractivity contribution in [3.63, 3.8) is 0 Å². The van der Waals surface area contributed by atoms with E-state index in [0.717, 1.165) is 16.5 Å². The van der Waals surface area contributed by atoms with Gasteiger partial charge in [-0.25, -0.2) is 0 Å². The lowest BCUT2D eigenvalue weighted by Gasteiger charge is -2.19. The van der Waals surface area contributed by atoms with E-state index in [-0.39, 0.29) is 11.9 Å². The van der Waals surface area contributed by atoms with Crippen LogP contribution in [0.3, 0.4) is 0 Å². The molecule has 0 bridgehead atoms. The van der Waals surface area contributed by atoms with Crippen LogP contribution in [0.1, 0.15) is 42.4 Å². The molecule has 3 nitrogen and oxygen atoms in total. The minimum Gasteiger partial charge on any atom is -0.397 e. The Morgan fingerprint density at radius 3 is 2.75 bits per heavy atom. The van der Waals surface area contributed by atoms with Crippen LogP contribution in [0.2, 0.25) is 0 Å². The van der Waals surface area contributed by atoms with Gasteiger partial charge < -0.3 is 11.1 Å². The Morgan fingerprint density at radius 2 is 2.10 bits per heavy atom. The Labute approximate surface area is 124 Å². The van der Waals surface area contributed by atoms with Gasteiger partial charge >= 0.3 is 0 Å². The van der Waals surface area contributed by atoms with Gasteiger partial charge in [0.25, 0.3) is 5.91 Å². The van der Waals surface area contributed by atoms with Crippen LogP contribution in [0.4, 0.5) is 5.69 Å². The summed E-state index contributed by atoms with van der Waals surface area (Å²) >= 11 is 1.47. The zero-order valence-corrected chi connectivity index (χ0v) is 13.3. The Morgan fingerprint density at radius 1 is 1.40 bits per heavy atom. The highest BCUT2D eigenvalue weighted by Gasteiger charge is 2.19. The molecule has 1 heterocycles. The number of carbonyl (C=O) groups is 1. The summed E-state index contributed by atoms with van der Waals surface area (Å²) in [5.74, 6) is 0.394. The quantitative estimate of drug-likeness (QED) is 0.895. The molecule has 0 saturated carbocycles. The first-order valence-corrected chi connectivity index (χ1v) is 7.85. The molecule has 0 spiro atoms. The van der Waals surface area contributed by atoms with Crippen LogP contribution in [-0.4, -0.2) is 11.9 Å². The van der Waals surface area contributed by atoms with E-state index in [9.17, 15) is 4.79 Å². The molecule has 0 fully saturated rings. The van der Waals surface area contributed by atoms with Crippen molar-refractivity contribution in [3.8, 4) is 0 Å². The number of rotatable bonds is 4. The van der Waals surface area contributed by atoms with Gasteiger partial charge in [0.05, 0.1) is 5.69 Å². The number of anilines is 1. The topological polar surface area (TPSA) is 55.1 Å². The van der Waals surface area contributed by atoms with Crippen molar-refractivity contribution in [1.82, 2.24) is 5.32 Å². The first-order valence-electron chi connectivity index (χ1n) is 7.03. The van der Waals surface area contributed by atoms with E-state index in [0.29, 0.717) is 16.5 Å². The monoisotopic (exact) mass is 290 g/mol. The predicted octanol–water partition coefficient (Wildman–Crippen LogP) is 3.96. The SMILES string of the molecule is CCC(C)C(C)NC(=O)c1sc2cc(C)ccc2c1N. The lowest BCUT2D eigenvalue weighted by atomic mass is 10.0. The van der Waals surface area contributed by atoms with Crippen molar-refractivity contribution in [1.29, 1.82) is 0 Å². The fourth-order valence-corrected chi connectivity index (χ4v) is 3.28. The molecule has 0 radical (unpaired) electrons. The van der Waals surface area contributed by atoms with Crippen molar-refractivity contribution in [3.05, 3.63) is 28.6 Å². The van der Waals surface area contributed by atoms with E-state index >= 15 is 0 Å². The largest absolute Gasteiger partial charge is 0.397 e. The molecule has 0 aliphatic heterocycles. The molecule has 0 saturated heterocycles. The van der Waals surface area contributed by atoms with E-state index in [4.69, 9.17) is 5.73 Å². The second-order valence-electron chi connectivity index (χ2n) is 5.49. The van der Waals surface area contributed by atoms with Crippen molar-refractivity contribution in [2.45, 2.75) is 40.2 Å². The molecule has 1 aromatic heterocycles. The van der Waals surface area contributed by atoms with Gasteiger partial charge in [0.2, 0.25) is 0 Å². The zero-order chi connectivity index (χ0) is 14.9. The molecule has 0 aliphatic rings. The summed E-state index contributed by atoms with van der Waals surface area (Å²) in [4.78, 5) is 13.0. The van der Waals surface area contributed by atoms with Crippen LogP contribution >= 0.6 is 11.3 Å². The van der Waals surface area contributed by atoms with Crippen molar-refractivity contribution in [2.24, 2.45) is 5.92 Å². The third kappa shape index (κ3) is 2.80. The number of aryl methyl sites for hydroxylation is 1. The maximum absolute atomic E-state index is 12.4. The number of amides is 1. The average Bonchev–Trinajstić information content (AvgIpc) is 2.74. The van der Waals surface area contributed by atoms with E-state index < -0.39 is 0 Å². The predicted molar refractivity (Wildman–Crippen MR) is 87.4 cm³/mol. The standard InChI is InChI=1S/C16H22N2OS/c1-5-10(3)11(4)18-16(19)15-14(17)12-7-6-9(2)8-13(12)20-15/h6-8,10-11H,5,17H2,1-4H3,(H,18,19). The average molecular weight is 290 g/mol. The van der Waals surface area contributed by atoms with Gasteiger partial charge in [-0.05, 0) is 31.4 Å². The number of nitrogen functional groups attached to an aromatic ring is 1. The molecule has 2 aromatic rings. The Balaban J connectivity index is 2.28. The number of fused-ring (bicyclic) bond motifs is 1. The Bertz CT molecular complexity index is 633. The minimum absolute atomic E-state index is 0.0610. The Kier molecular flexibility index (Phi) is 4.33. The molecule has 2 atom stereocenters. The Hall–Kier alpha value is -1.55. The third-order valence-corrected chi connectivity index (χ3v) is 5.11. The van der Waals surface area contributed by atoms with Gasteiger partial charge in [-0.1, -0.05) is 32.4 Å². The summed E-state index contributed by atoms with van der Waals surface area (Å²) < 4.78 is 1.07. The first kappa shape index (κ1) is 14.9. The summed E-state index contributed by atoms with van der Waals surface area (Å²) in [6.07, 6.45) is 1.04. The number of hydrogen-bond donors (Lipinski definition) is 2. The highest BCUT2D eigenvalue weighted by Crippen LogP contribution is 2.34. The van der Waals surface area contributed by atoms with Crippen molar-refractivity contribution in [2.75, 3.05) is 5.73 Å². The lowest BCUT2D eigenvalue weighted by molar-refractivity contribution is 0.0933. The van der Waals surface area contributed by atoms with Crippen LogP contribution in [-0.2, 0) is 0 Å². The van der Waals surface area contributed by atoms with Crippen molar-refractivity contribution < 1.29 is 4.79 Å². The summed E-state index contributed by atoms with van der Waals surface area (Å²) in [6.45, 7) is 8.35. The molecular weight excluding hydrogens is 268 g/mol. The van der Waals surface area contributed by atoms with Gasteiger partial charge in [0, 0.05) is 16.1 Å². The molecule has 108 valence electrons. The van der Waals surface area contributed by atoms with E-state index in [1.165, 1.54) is 16.9 Å². The van der Waals surface area contributed by atoms with Crippen LogP contribution in [0.5, 0.6) is 0 Å². The maximum atomic E-state index is 12.4. The lowest BCUT2D eigenvalue weighted by Crippen LogP contribution is -2.36. The molecule has 1 amide bonds. The number of benzene rings is 1. The van der Waals surface area contributed by atoms with Crippen LogP contribution in [0, 0.1) is 12.8 Å². The minimum atomic E-state index is -0.0610. The molecule has 1 aromatic carbocycles. The van der Waals surface area contributed by atoms with Crippen LogP contribution < -0.4 is 11.1 Å². The second kappa shape index (κ2) is 5.83. The molecule has 2 rings (SSSR count). The fourth-order valence-electron chi connectivity index (χ4n) is 2.16. The van der Waals surface area contributed by atoms with Gasteiger partial charge in [-0.15, -0.1) is 11.3 Å². The summed E-state index contributed by atoms with van der Waals surface area (Å²) in [5.41, 5.74) is 7.90. The normalized spacial score (nSPS) is 14.2. The maximum Gasteiger partial charge on any atom is 0.263 e. The molecule has 20 heavy (non-hydrogen) atoms. The number of nitrogens with one attached hydrogen (secondary N) is 1. The van der Waals surface area contributed by atoms with Crippen molar-refractivity contribution >= 4 is 33.0 Å². The van der Waals surface area contributed by atoms with Gasteiger partial charge in [0.15, 0.2) is 0 Å². The molecule has 3 N–H and O–H groups in total. The summed E-state index contributed by atoms with van der Waals surface area (Å²) in [5, 5.41) is 4.03. The fraction of sp³-hybridized carbons (Fsp3) is 0.438. The number of hydrogen-bond acceptors (Lipinski definition) is 3. The van der Waals surface area contributed by atoms with Gasteiger partial charge in [0.1, 0.15) is 4.88 Å². The van der Waals surface area contributed by atoms with Gasteiger partial charge in [-0.3, -0.25) is 4.79 Å². The first-order chi connectivity index (χ1) is 9.43. The number of nitrogens with two attached hydrogens (primary N) is 1. The number of thiophene rings is 1. The molecular formula is C16H22N2OS. The van der Waals surface area contributed by atoms with E-state index in [2.05, 4.69) is 25.2 Å². The second-order valence-corrected chi connectivity index (χ2v) is 6.54.